The normalized spacial score (nSPS) is 13.3. The Hall–Kier alpha value is -1.02. The second-order valence-corrected chi connectivity index (χ2v) is 4.22. The predicted molar refractivity (Wildman–Crippen MR) is 59.3 cm³/mol. The van der Waals surface area contributed by atoms with E-state index >= 15 is 0 Å². The van der Waals surface area contributed by atoms with Gasteiger partial charge < -0.3 is 10.8 Å². The topological polar surface area (TPSA) is 46.2 Å². The Morgan fingerprint density at radius 2 is 1.79 bits per heavy atom. The van der Waals surface area contributed by atoms with Gasteiger partial charge in [-0.3, -0.25) is 0 Å². The van der Waals surface area contributed by atoms with E-state index in [2.05, 4.69) is 13.8 Å². The molecule has 2 heteroatoms. The lowest BCUT2D eigenvalue weighted by Gasteiger charge is -2.19. The summed E-state index contributed by atoms with van der Waals surface area (Å²) in [6, 6.07) is 3.84. The third kappa shape index (κ3) is 1.90. The van der Waals surface area contributed by atoms with Crippen molar-refractivity contribution in [2.75, 3.05) is 0 Å². The van der Waals surface area contributed by atoms with Gasteiger partial charge in [-0.05, 0) is 30.9 Å². The fourth-order valence-corrected chi connectivity index (χ4v) is 1.45. The number of hydrogen-bond acceptors (Lipinski definition) is 2. The van der Waals surface area contributed by atoms with Crippen LogP contribution in [-0.4, -0.2) is 5.11 Å². The van der Waals surface area contributed by atoms with E-state index in [4.69, 9.17) is 5.73 Å². The molecule has 0 aromatic heterocycles. The molecule has 14 heavy (non-hydrogen) atoms. The van der Waals surface area contributed by atoms with Crippen molar-refractivity contribution >= 4 is 0 Å². The minimum Gasteiger partial charge on any atom is -0.507 e. The summed E-state index contributed by atoms with van der Waals surface area (Å²) >= 11 is 0. The number of phenolic OH excluding ortho intramolecular Hbond substituents is 1. The molecule has 1 atom stereocenters. The molecule has 0 saturated carbocycles. The first-order valence-corrected chi connectivity index (χ1v) is 4.99. The van der Waals surface area contributed by atoms with E-state index in [1.54, 1.807) is 0 Å². The number of aryl methyl sites for hydroxylation is 1. The van der Waals surface area contributed by atoms with Crippen molar-refractivity contribution in [1.82, 2.24) is 0 Å². The molecule has 0 heterocycles. The van der Waals surface area contributed by atoms with Gasteiger partial charge in [-0.1, -0.05) is 26.0 Å². The number of phenols is 1. The van der Waals surface area contributed by atoms with Gasteiger partial charge in [0.05, 0.1) is 0 Å². The van der Waals surface area contributed by atoms with Crippen LogP contribution in [0.1, 0.15) is 36.6 Å². The largest absolute Gasteiger partial charge is 0.507 e. The fraction of sp³-hybridized carbons (Fsp3) is 0.500. The Morgan fingerprint density at radius 3 is 2.29 bits per heavy atom. The lowest BCUT2D eigenvalue weighted by Crippen LogP contribution is -2.17. The maximum Gasteiger partial charge on any atom is 0.123 e. The molecule has 3 N–H and O–H groups in total. The Bertz CT molecular complexity index is 331. The van der Waals surface area contributed by atoms with Crippen LogP contribution >= 0.6 is 0 Å². The van der Waals surface area contributed by atoms with Gasteiger partial charge in [-0.15, -0.1) is 0 Å². The van der Waals surface area contributed by atoms with E-state index in [9.17, 15) is 5.11 Å². The van der Waals surface area contributed by atoms with Gasteiger partial charge in [-0.2, -0.15) is 0 Å². The molecule has 0 spiro atoms. The van der Waals surface area contributed by atoms with Crippen molar-refractivity contribution in [1.29, 1.82) is 0 Å². The van der Waals surface area contributed by atoms with E-state index in [1.807, 2.05) is 26.0 Å². The van der Waals surface area contributed by atoms with Crippen LogP contribution in [-0.2, 0) is 0 Å². The highest BCUT2D eigenvalue weighted by Crippen LogP contribution is 2.31. The third-order valence-corrected chi connectivity index (χ3v) is 2.81. The molecule has 0 fully saturated rings. The Kier molecular flexibility index (Phi) is 3.17. The second kappa shape index (κ2) is 4.01. The van der Waals surface area contributed by atoms with Gasteiger partial charge in [0.25, 0.3) is 0 Å². The summed E-state index contributed by atoms with van der Waals surface area (Å²) in [4.78, 5) is 0. The standard InChI is InChI=1S/C12H19NO/c1-7(2)11(13)10-6-5-8(3)9(4)12(10)14/h5-7,11,14H,13H2,1-4H3. The summed E-state index contributed by atoms with van der Waals surface area (Å²) in [5, 5.41) is 9.92. The van der Waals surface area contributed by atoms with Crippen LogP contribution in [0.4, 0.5) is 0 Å². The molecule has 1 aromatic carbocycles. The van der Waals surface area contributed by atoms with Crippen LogP contribution in [0.25, 0.3) is 0 Å². The zero-order valence-corrected chi connectivity index (χ0v) is 9.33. The van der Waals surface area contributed by atoms with Crippen molar-refractivity contribution in [3.63, 3.8) is 0 Å². The van der Waals surface area contributed by atoms with Crippen LogP contribution in [0.5, 0.6) is 5.75 Å². The number of hydrogen-bond donors (Lipinski definition) is 2. The summed E-state index contributed by atoms with van der Waals surface area (Å²) < 4.78 is 0. The quantitative estimate of drug-likeness (QED) is 0.758. The average molecular weight is 193 g/mol. The molecule has 1 unspecified atom stereocenters. The molecule has 1 rings (SSSR count). The number of benzene rings is 1. The second-order valence-electron chi connectivity index (χ2n) is 4.22. The fourth-order valence-electron chi connectivity index (χ4n) is 1.45. The zero-order valence-electron chi connectivity index (χ0n) is 9.33. The first-order valence-electron chi connectivity index (χ1n) is 4.99. The van der Waals surface area contributed by atoms with Gasteiger partial charge in [0.2, 0.25) is 0 Å². The minimum absolute atomic E-state index is 0.0886. The zero-order chi connectivity index (χ0) is 10.9. The molecular formula is C12H19NO. The Labute approximate surface area is 85.8 Å². The van der Waals surface area contributed by atoms with Crippen molar-refractivity contribution in [2.45, 2.75) is 33.7 Å². The third-order valence-electron chi connectivity index (χ3n) is 2.81. The molecule has 0 amide bonds. The minimum atomic E-state index is -0.0886. The van der Waals surface area contributed by atoms with Crippen LogP contribution in [0, 0.1) is 19.8 Å². The molecule has 2 nitrogen and oxygen atoms in total. The van der Waals surface area contributed by atoms with Crippen molar-refractivity contribution < 1.29 is 5.11 Å². The van der Waals surface area contributed by atoms with Gasteiger partial charge in [0.1, 0.15) is 5.75 Å². The van der Waals surface area contributed by atoms with Gasteiger partial charge in [-0.25, -0.2) is 0 Å². The molecule has 78 valence electrons. The molecule has 0 aliphatic rings. The van der Waals surface area contributed by atoms with Crippen molar-refractivity contribution in [3.05, 3.63) is 28.8 Å². The predicted octanol–water partition coefficient (Wildman–Crippen LogP) is 2.66. The van der Waals surface area contributed by atoms with E-state index in [-0.39, 0.29) is 6.04 Å². The first-order chi connectivity index (χ1) is 6.45. The molecule has 0 bridgehead atoms. The summed E-state index contributed by atoms with van der Waals surface area (Å²) in [7, 11) is 0. The monoisotopic (exact) mass is 193 g/mol. The average Bonchev–Trinajstić information content (AvgIpc) is 2.13. The van der Waals surface area contributed by atoms with Crippen molar-refractivity contribution in [3.8, 4) is 5.75 Å². The SMILES string of the molecule is Cc1ccc(C(N)C(C)C)c(O)c1C. The smallest absolute Gasteiger partial charge is 0.123 e. The van der Waals surface area contributed by atoms with Crippen LogP contribution < -0.4 is 5.73 Å². The van der Waals surface area contributed by atoms with Gasteiger partial charge >= 0.3 is 0 Å². The number of nitrogens with two attached hydrogens (primary N) is 1. The van der Waals surface area contributed by atoms with E-state index in [0.29, 0.717) is 11.7 Å². The van der Waals surface area contributed by atoms with Gasteiger partial charge in [0, 0.05) is 11.6 Å². The highest BCUT2D eigenvalue weighted by atomic mass is 16.3. The molecular weight excluding hydrogens is 174 g/mol. The van der Waals surface area contributed by atoms with Crippen molar-refractivity contribution in [2.24, 2.45) is 11.7 Å². The first kappa shape index (κ1) is 11.1. The van der Waals surface area contributed by atoms with Crippen LogP contribution in [0.15, 0.2) is 12.1 Å². The summed E-state index contributed by atoms with van der Waals surface area (Å²) in [6.07, 6.45) is 0. The van der Waals surface area contributed by atoms with Gasteiger partial charge in [0.15, 0.2) is 0 Å². The van der Waals surface area contributed by atoms with Crippen LogP contribution in [0.2, 0.25) is 0 Å². The molecule has 0 saturated heterocycles. The maximum atomic E-state index is 9.92. The molecule has 0 aliphatic carbocycles. The van der Waals surface area contributed by atoms with Crippen LogP contribution in [0.3, 0.4) is 0 Å². The Morgan fingerprint density at radius 1 is 1.21 bits per heavy atom. The molecule has 0 aliphatic heterocycles. The number of rotatable bonds is 2. The highest BCUT2D eigenvalue weighted by molar-refractivity contribution is 5.45. The maximum absolute atomic E-state index is 9.92. The van der Waals surface area contributed by atoms with E-state index < -0.39 is 0 Å². The molecule has 1 aromatic rings. The summed E-state index contributed by atoms with van der Waals surface area (Å²) in [5.41, 5.74) is 8.88. The van der Waals surface area contributed by atoms with E-state index in [0.717, 1.165) is 16.7 Å². The highest BCUT2D eigenvalue weighted by Gasteiger charge is 2.16. The Balaban J connectivity index is 3.17. The van der Waals surface area contributed by atoms with E-state index in [1.165, 1.54) is 0 Å². The summed E-state index contributed by atoms with van der Waals surface area (Å²) in [6.45, 7) is 8.01. The lowest BCUT2D eigenvalue weighted by atomic mass is 9.93. The lowest BCUT2D eigenvalue weighted by molar-refractivity contribution is 0.436. The summed E-state index contributed by atoms with van der Waals surface area (Å²) in [5.74, 6) is 0.689. The molecule has 0 radical (unpaired) electrons. The number of aromatic hydroxyl groups is 1.